The van der Waals surface area contributed by atoms with Crippen LogP contribution in [0.3, 0.4) is 0 Å². The van der Waals surface area contributed by atoms with Crippen LogP contribution in [0.25, 0.3) is 0 Å². The predicted octanol–water partition coefficient (Wildman–Crippen LogP) is 0.914. The number of hydrogen-bond donors (Lipinski definition) is 2. The van der Waals surface area contributed by atoms with E-state index in [1.807, 2.05) is 0 Å². The van der Waals surface area contributed by atoms with Crippen LogP contribution in [0.2, 0.25) is 0 Å². The smallest absolute Gasteiger partial charge is 0.325 e. The number of imide groups is 1. The highest BCUT2D eigenvalue weighted by Crippen LogP contribution is 2.29. The maximum atomic E-state index is 13.1. The van der Waals surface area contributed by atoms with Crippen LogP contribution in [0.15, 0.2) is 24.3 Å². The number of carboxylic acid groups (broad SMARTS) is 1. The molecule has 1 aliphatic rings. The number of nitrogens with one attached hydrogen (secondary N) is 1. The van der Waals surface area contributed by atoms with E-state index in [1.54, 1.807) is 13.8 Å². The summed E-state index contributed by atoms with van der Waals surface area (Å²) >= 11 is 0. The second-order valence-electron chi connectivity index (χ2n) is 6.46. The van der Waals surface area contributed by atoms with Gasteiger partial charge in [-0.15, -0.1) is 0 Å². The van der Waals surface area contributed by atoms with Crippen molar-refractivity contribution in [2.24, 2.45) is 0 Å². The van der Waals surface area contributed by atoms with Crippen LogP contribution in [-0.4, -0.2) is 57.9 Å². The van der Waals surface area contributed by atoms with E-state index < -0.39 is 54.3 Å². The van der Waals surface area contributed by atoms with Crippen LogP contribution in [0, 0.1) is 5.82 Å². The van der Waals surface area contributed by atoms with E-state index in [4.69, 9.17) is 5.11 Å². The van der Waals surface area contributed by atoms with Gasteiger partial charge in [0.05, 0.1) is 0 Å². The van der Waals surface area contributed by atoms with E-state index in [0.717, 1.165) is 9.80 Å². The molecule has 1 heterocycles. The third-order valence-corrected chi connectivity index (χ3v) is 4.24. The fourth-order valence-electron chi connectivity index (χ4n) is 2.75. The maximum Gasteiger partial charge on any atom is 0.325 e. The molecular formula is C17H20FN3O5. The van der Waals surface area contributed by atoms with Gasteiger partial charge in [0.15, 0.2) is 0 Å². The summed E-state index contributed by atoms with van der Waals surface area (Å²) in [4.78, 5) is 50.1. The lowest BCUT2D eigenvalue weighted by Gasteiger charge is -2.27. The summed E-state index contributed by atoms with van der Waals surface area (Å²) in [5.74, 6) is -3.00. The highest BCUT2D eigenvalue weighted by Gasteiger charge is 2.49. The number of hydrogen-bond acceptors (Lipinski definition) is 4. The predicted molar refractivity (Wildman–Crippen MR) is 88.5 cm³/mol. The van der Waals surface area contributed by atoms with E-state index >= 15 is 0 Å². The second-order valence-corrected chi connectivity index (χ2v) is 6.46. The van der Waals surface area contributed by atoms with E-state index in [2.05, 4.69) is 5.32 Å². The van der Waals surface area contributed by atoms with Gasteiger partial charge in [-0.1, -0.05) is 12.1 Å². The van der Waals surface area contributed by atoms with Gasteiger partial charge in [-0.3, -0.25) is 19.3 Å². The van der Waals surface area contributed by atoms with Gasteiger partial charge in [0.1, 0.15) is 24.4 Å². The molecule has 2 rings (SSSR count). The lowest BCUT2D eigenvalue weighted by atomic mass is 9.92. The van der Waals surface area contributed by atoms with Crippen molar-refractivity contribution in [3.63, 3.8) is 0 Å². The Morgan fingerprint density at radius 3 is 2.35 bits per heavy atom. The Kier molecular flexibility index (Phi) is 5.29. The van der Waals surface area contributed by atoms with Crippen molar-refractivity contribution in [3.8, 4) is 0 Å². The molecule has 140 valence electrons. The number of benzene rings is 1. The summed E-state index contributed by atoms with van der Waals surface area (Å²) in [7, 11) is 0. The molecule has 0 saturated carbocycles. The largest absolute Gasteiger partial charge is 0.480 e. The minimum atomic E-state index is -1.43. The van der Waals surface area contributed by atoms with Crippen molar-refractivity contribution < 1.29 is 28.7 Å². The van der Waals surface area contributed by atoms with Gasteiger partial charge < -0.3 is 15.3 Å². The Hall–Kier alpha value is -2.97. The molecule has 26 heavy (non-hydrogen) atoms. The molecule has 4 amide bonds. The van der Waals surface area contributed by atoms with Gasteiger partial charge >= 0.3 is 12.0 Å². The number of halogens is 1. The van der Waals surface area contributed by atoms with E-state index in [1.165, 1.54) is 31.2 Å². The Bertz CT molecular complexity index is 749. The summed E-state index contributed by atoms with van der Waals surface area (Å²) in [6.07, 6.45) is 0. The molecule has 0 aliphatic carbocycles. The molecule has 1 unspecified atom stereocenters. The molecule has 2 N–H and O–H groups in total. The lowest BCUT2D eigenvalue weighted by Crippen LogP contribution is -2.48. The lowest BCUT2D eigenvalue weighted by molar-refractivity contribution is -0.147. The second kappa shape index (κ2) is 7.11. The number of amides is 4. The van der Waals surface area contributed by atoms with E-state index in [-0.39, 0.29) is 0 Å². The first-order valence-electron chi connectivity index (χ1n) is 7.97. The van der Waals surface area contributed by atoms with Crippen LogP contribution in [-0.2, 0) is 19.9 Å². The van der Waals surface area contributed by atoms with Crippen molar-refractivity contribution in [1.82, 2.24) is 15.1 Å². The van der Waals surface area contributed by atoms with Crippen molar-refractivity contribution in [2.45, 2.75) is 32.4 Å². The Balaban J connectivity index is 2.22. The van der Waals surface area contributed by atoms with Crippen LogP contribution >= 0.6 is 0 Å². The molecule has 0 radical (unpaired) electrons. The minimum absolute atomic E-state index is 0.374. The molecule has 1 fully saturated rings. The fourth-order valence-corrected chi connectivity index (χ4v) is 2.75. The molecule has 0 aromatic heterocycles. The summed E-state index contributed by atoms with van der Waals surface area (Å²) in [6.45, 7) is 3.62. The highest BCUT2D eigenvalue weighted by molar-refractivity contribution is 6.09. The first-order valence-corrected chi connectivity index (χ1v) is 7.97. The molecular weight excluding hydrogens is 345 g/mol. The number of rotatable bonds is 6. The van der Waals surface area contributed by atoms with Crippen molar-refractivity contribution in [3.05, 3.63) is 35.6 Å². The molecule has 1 aliphatic heterocycles. The van der Waals surface area contributed by atoms with Gasteiger partial charge in [-0.2, -0.15) is 0 Å². The number of carbonyl (C=O) groups excluding carboxylic acids is 3. The van der Waals surface area contributed by atoms with E-state index in [9.17, 15) is 23.6 Å². The molecule has 1 aromatic rings. The van der Waals surface area contributed by atoms with Gasteiger partial charge in [-0.25, -0.2) is 9.18 Å². The van der Waals surface area contributed by atoms with Crippen molar-refractivity contribution in [1.29, 1.82) is 0 Å². The number of urea groups is 1. The summed E-state index contributed by atoms with van der Waals surface area (Å²) in [5, 5.41) is 11.4. The van der Waals surface area contributed by atoms with Gasteiger partial charge in [-0.05, 0) is 38.5 Å². The third kappa shape index (κ3) is 3.66. The van der Waals surface area contributed by atoms with E-state index in [0.29, 0.717) is 5.56 Å². The Labute approximate surface area is 149 Å². The molecule has 1 atom stereocenters. The van der Waals surface area contributed by atoms with Gasteiger partial charge in [0, 0.05) is 6.04 Å². The topological polar surface area (TPSA) is 107 Å². The maximum absolute atomic E-state index is 13.1. The third-order valence-electron chi connectivity index (χ3n) is 4.24. The first-order chi connectivity index (χ1) is 12.1. The van der Waals surface area contributed by atoms with Gasteiger partial charge in [0.25, 0.3) is 5.91 Å². The molecule has 0 spiro atoms. The monoisotopic (exact) mass is 365 g/mol. The van der Waals surface area contributed by atoms with Crippen molar-refractivity contribution in [2.75, 3.05) is 13.1 Å². The zero-order chi connectivity index (χ0) is 19.6. The molecule has 0 bridgehead atoms. The van der Waals surface area contributed by atoms with Crippen LogP contribution < -0.4 is 5.32 Å². The Morgan fingerprint density at radius 1 is 1.27 bits per heavy atom. The number of nitrogens with zero attached hydrogens (tertiary/aromatic N) is 2. The van der Waals surface area contributed by atoms with Crippen molar-refractivity contribution >= 4 is 23.8 Å². The number of carboxylic acids is 1. The SMILES string of the molecule is CC(C)N(CC(=O)O)C(=O)CN1C(=O)NC(C)(c2ccc(F)cc2)C1=O. The summed E-state index contributed by atoms with van der Waals surface area (Å²) < 4.78 is 13.1. The zero-order valence-electron chi connectivity index (χ0n) is 14.7. The zero-order valence-corrected chi connectivity index (χ0v) is 14.7. The molecule has 8 nitrogen and oxygen atoms in total. The highest BCUT2D eigenvalue weighted by atomic mass is 19.1. The average Bonchev–Trinajstić information content (AvgIpc) is 2.77. The first kappa shape index (κ1) is 19.4. The molecule has 1 saturated heterocycles. The van der Waals surface area contributed by atoms with Crippen LogP contribution in [0.1, 0.15) is 26.3 Å². The summed E-state index contributed by atoms with van der Waals surface area (Å²) in [5.41, 5.74) is -1.06. The summed E-state index contributed by atoms with van der Waals surface area (Å²) in [6, 6.07) is 3.91. The Morgan fingerprint density at radius 2 is 1.85 bits per heavy atom. The number of carbonyl (C=O) groups is 4. The minimum Gasteiger partial charge on any atom is -0.480 e. The molecule has 1 aromatic carbocycles. The van der Waals surface area contributed by atoms with Crippen LogP contribution in [0.5, 0.6) is 0 Å². The van der Waals surface area contributed by atoms with Crippen LogP contribution in [0.4, 0.5) is 9.18 Å². The van der Waals surface area contributed by atoms with Gasteiger partial charge in [0.2, 0.25) is 5.91 Å². The normalized spacial score (nSPS) is 19.7. The fraction of sp³-hybridized carbons (Fsp3) is 0.412. The average molecular weight is 365 g/mol. The number of aliphatic carboxylic acids is 1. The molecule has 9 heteroatoms. The standard InChI is InChI=1S/C17H20FN3O5/c1-10(2)20(9-14(23)24)13(22)8-21-15(25)17(3,19-16(21)26)11-4-6-12(18)7-5-11/h4-7,10H,8-9H2,1-3H3,(H,19,26)(H,23,24). The quantitative estimate of drug-likeness (QED) is 0.729.